The molecule has 1 heterocycles. The quantitative estimate of drug-likeness (QED) is 0.458. The van der Waals surface area contributed by atoms with Gasteiger partial charge in [0.1, 0.15) is 17.2 Å². The number of urea groups is 1. The van der Waals surface area contributed by atoms with Crippen molar-refractivity contribution in [2.24, 2.45) is 0 Å². The fourth-order valence-corrected chi connectivity index (χ4v) is 2.63. The Morgan fingerprint density at radius 3 is 2.50 bits per heavy atom. The highest BCUT2D eigenvalue weighted by atomic mass is 35.5. The van der Waals surface area contributed by atoms with Crippen molar-refractivity contribution in [2.45, 2.75) is 6.18 Å². The number of amides is 3. The molecule has 0 saturated heterocycles. The number of hydrogen-bond donors (Lipinski definition) is 3. The van der Waals surface area contributed by atoms with Gasteiger partial charge in [0, 0.05) is 30.7 Å². The van der Waals surface area contributed by atoms with Crippen LogP contribution in [0.2, 0.25) is 5.02 Å². The lowest BCUT2D eigenvalue weighted by Crippen LogP contribution is -2.19. The minimum Gasteiger partial charge on any atom is -0.457 e. The molecule has 11 heteroatoms. The molecule has 0 aliphatic carbocycles. The summed E-state index contributed by atoms with van der Waals surface area (Å²) < 4.78 is 68.9. The maximum Gasteiger partial charge on any atom is 0.417 e. The molecule has 0 unspecified atom stereocenters. The van der Waals surface area contributed by atoms with Crippen LogP contribution in [0.25, 0.3) is 0 Å². The molecular formula is C21H16ClF3N4O3. The Labute approximate surface area is 189 Å². The van der Waals surface area contributed by atoms with Gasteiger partial charge in [0.15, 0.2) is 0 Å². The van der Waals surface area contributed by atoms with Gasteiger partial charge < -0.3 is 20.7 Å². The third kappa shape index (κ3) is 5.88. The van der Waals surface area contributed by atoms with E-state index in [0.29, 0.717) is 6.07 Å². The number of benzene rings is 2. The average Bonchev–Trinajstić information content (AvgIpc) is 2.80. The molecule has 0 saturated carbocycles. The van der Waals surface area contributed by atoms with E-state index in [1.54, 1.807) is 0 Å². The zero-order chi connectivity index (χ0) is 25.9. The number of anilines is 2. The molecule has 0 atom stereocenters. The second kappa shape index (κ2) is 9.56. The number of pyridine rings is 1. The molecule has 0 fully saturated rings. The maximum atomic E-state index is 13.0. The Balaban J connectivity index is 1.80. The molecule has 3 amide bonds. The van der Waals surface area contributed by atoms with Gasteiger partial charge in [-0.3, -0.25) is 9.78 Å². The zero-order valence-corrected chi connectivity index (χ0v) is 17.0. The number of hydrogen-bond acceptors (Lipinski definition) is 4. The van der Waals surface area contributed by atoms with E-state index in [4.69, 9.17) is 20.5 Å². The summed E-state index contributed by atoms with van der Waals surface area (Å²) in [6.07, 6.45) is -3.44. The number of alkyl halides is 3. The predicted octanol–water partition coefficient (Wildman–Crippen LogP) is 5.55. The monoisotopic (exact) mass is 467 g/mol. The van der Waals surface area contributed by atoms with E-state index in [1.807, 2.05) is 0 Å². The van der Waals surface area contributed by atoms with Crippen molar-refractivity contribution >= 4 is 34.9 Å². The normalized spacial score (nSPS) is 12.2. The minimum atomic E-state index is -4.73. The van der Waals surface area contributed by atoms with Crippen LogP contribution in [-0.2, 0) is 6.18 Å². The highest BCUT2D eigenvalue weighted by Crippen LogP contribution is 2.36. The number of aromatic nitrogens is 1. The summed E-state index contributed by atoms with van der Waals surface area (Å²) >= 11 is 5.56. The van der Waals surface area contributed by atoms with Crippen molar-refractivity contribution in [1.82, 2.24) is 10.3 Å². The molecule has 0 radical (unpaired) electrons. The van der Waals surface area contributed by atoms with Crippen LogP contribution in [0.15, 0.2) is 60.7 Å². The third-order valence-electron chi connectivity index (χ3n) is 3.85. The smallest absolute Gasteiger partial charge is 0.417 e. The number of ether oxygens (including phenoxy) is 1. The number of carbonyl (C=O) groups excluding carboxylic acids is 2. The van der Waals surface area contributed by atoms with Crippen LogP contribution >= 0.6 is 11.6 Å². The predicted molar refractivity (Wildman–Crippen MR) is 113 cm³/mol. The van der Waals surface area contributed by atoms with Gasteiger partial charge in [0.05, 0.1) is 14.7 Å². The molecular weight excluding hydrogens is 449 g/mol. The molecule has 166 valence electrons. The molecule has 1 aromatic heterocycles. The molecule has 3 N–H and O–H groups in total. The zero-order valence-electron chi connectivity index (χ0n) is 19.2. The van der Waals surface area contributed by atoms with E-state index in [9.17, 15) is 22.8 Å². The van der Waals surface area contributed by atoms with Crippen molar-refractivity contribution in [3.8, 4) is 11.5 Å². The summed E-state index contributed by atoms with van der Waals surface area (Å²) in [6, 6.07) is 4.04. The first-order valence-corrected chi connectivity index (χ1v) is 9.20. The van der Waals surface area contributed by atoms with Crippen LogP contribution in [0.5, 0.6) is 11.5 Å². The molecule has 32 heavy (non-hydrogen) atoms. The summed E-state index contributed by atoms with van der Waals surface area (Å²) in [6.45, 7) is 0. The van der Waals surface area contributed by atoms with E-state index in [1.165, 1.54) is 25.4 Å². The molecule has 2 aromatic carbocycles. The first-order chi connectivity index (χ1) is 16.4. The van der Waals surface area contributed by atoms with Gasteiger partial charge in [-0.15, -0.1) is 0 Å². The number of nitrogens with zero attached hydrogens (tertiary/aromatic N) is 1. The van der Waals surface area contributed by atoms with Crippen molar-refractivity contribution < 1.29 is 31.6 Å². The second-order valence-corrected chi connectivity index (χ2v) is 6.52. The van der Waals surface area contributed by atoms with E-state index in [-0.39, 0.29) is 34.6 Å². The molecule has 0 spiro atoms. The van der Waals surface area contributed by atoms with Gasteiger partial charge in [0.2, 0.25) is 0 Å². The van der Waals surface area contributed by atoms with Crippen molar-refractivity contribution in [3.63, 3.8) is 0 Å². The number of rotatable bonds is 5. The summed E-state index contributed by atoms with van der Waals surface area (Å²) in [5.74, 6) is -0.716. The van der Waals surface area contributed by atoms with E-state index >= 15 is 0 Å². The SMILES string of the molecule is [2H]c1cc(NC(=O)Nc2ccc(Cl)c(C(F)(F)F)c2)c([2H])c([2H])c1Oc1ccnc(C(=O)NC)c1. The van der Waals surface area contributed by atoms with E-state index in [0.717, 1.165) is 18.2 Å². The fraction of sp³-hybridized carbons (Fsp3) is 0.0952. The van der Waals surface area contributed by atoms with Crippen molar-refractivity contribution in [2.75, 3.05) is 17.7 Å². The summed E-state index contributed by atoms with van der Waals surface area (Å²) in [4.78, 5) is 27.9. The molecule has 0 aliphatic rings. The number of halogens is 4. The minimum absolute atomic E-state index is 0.0278. The van der Waals surface area contributed by atoms with Gasteiger partial charge in [-0.2, -0.15) is 13.2 Å². The number of carbonyl (C=O) groups is 2. The van der Waals surface area contributed by atoms with E-state index in [2.05, 4.69) is 20.9 Å². The third-order valence-corrected chi connectivity index (χ3v) is 4.18. The first kappa shape index (κ1) is 18.9. The van der Waals surface area contributed by atoms with Gasteiger partial charge in [-0.25, -0.2) is 4.79 Å². The lowest BCUT2D eigenvalue weighted by atomic mass is 10.2. The highest BCUT2D eigenvalue weighted by Gasteiger charge is 2.33. The molecule has 7 nitrogen and oxygen atoms in total. The summed E-state index contributed by atoms with van der Waals surface area (Å²) in [5, 5.41) is 6.26. The summed E-state index contributed by atoms with van der Waals surface area (Å²) in [7, 11) is 1.41. The average molecular weight is 468 g/mol. The van der Waals surface area contributed by atoms with Gasteiger partial charge in [-0.05, 0) is 48.5 Å². The molecule has 3 aromatic rings. The fourth-order valence-electron chi connectivity index (χ4n) is 2.41. The van der Waals surface area contributed by atoms with Gasteiger partial charge >= 0.3 is 12.2 Å². The second-order valence-electron chi connectivity index (χ2n) is 6.11. The van der Waals surface area contributed by atoms with Crippen LogP contribution < -0.4 is 20.7 Å². The van der Waals surface area contributed by atoms with E-state index < -0.39 is 40.8 Å². The van der Waals surface area contributed by atoms with Crippen LogP contribution in [0.3, 0.4) is 0 Å². The Morgan fingerprint density at radius 2 is 1.78 bits per heavy atom. The number of nitrogens with one attached hydrogen (secondary N) is 3. The topological polar surface area (TPSA) is 92.3 Å². The highest BCUT2D eigenvalue weighted by molar-refractivity contribution is 6.31. The Kier molecular flexibility index (Phi) is 5.66. The maximum absolute atomic E-state index is 13.0. The first-order valence-electron chi connectivity index (χ1n) is 10.3. The van der Waals surface area contributed by atoms with Gasteiger partial charge in [0.25, 0.3) is 5.91 Å². The van der Waals surface area contributed by atoms with Crippen LogP contribution in [0, 0.1) is 0 Å². The van der Waals surface area contributed by atoms with Crippen molar-refractivity contribution in [1.29, 1.82) is 0 Å². The Hall–Kier alpha value is -3.79. The molecule has 0 aliphatic heterocycles. The van der Waals surface area contributed by atoms with Crippen LogP contribution in [0.4, 0.5) is 29.3 Å². The van der Waals surface area contributed by atoms with Crippen LogP contribution in [-0.4, -0.2) is 24.0 Å². The van der Waals surface area contributed by atoms with Gasteiger partial charge in [-0.1, -0.05) is 11.6 Å². The lowest BCUT2D eigenvalue weighted by Gasteiger charge is -2.12. The Bertz CT molecular complexity index is 1310. The Morgan fingerprint density at radius 1 is 1.03 bits per heavy atom. The van der Waals surface area contributed by atoms with Crippen LogP contribution in [0.1, 0.15) is 20.2 Å². The largest absolute Gasteiger partial charge is 0.457 e. The standard InChI is InChI=1S/C21H16ClF3N4O3/c1-26-19(30)18-11-15(8-9-27-18)32-14-5-2-12(3-6-14)28-20(31)29-13-4-7-17(22)16(10-13)21(23,24)25/h2-11H,1H3,(H,26,30)(H2,28,29,31)/i2D,5D,6D. The lowest BCUT2D eigenvalue weighted by molar-refractivity contribution is -0.137. The molecule has 0 bridgehead atoms. The molecule has 3 rings (SSSR count). The summed E-state index contributed by atoms with van der Waals surface area (Å²) in [5.41, 5.74) is -1.58. The van der Waals surface area contributed by atoms with Crippen molar-refractivity contribution in [3.05, 3.63) is 77.0 Å².